The highest BCUT2D eigenvalue weighted by molar-refractivity contribution is 6.16. The Morgan fingerprint density at radius 2 is 1.91 bits per heavy atom. The van der Waals surface area contributed by atoms with E-state index < -0.39 is 0 Å². The largest absolute Gasteiger partial charge is 0.352 e. The van der Waals surface area contributed by atoms with Crippen LogP contribution >= 0.6 is 0 Å². The first kappa shape index (κ1) is 22.5. The van der Waals surface area contributed by atoms with Crippen LogP contribution < -0.4 is 15.5 Å². The molecule has 0 atom stereocenters. The number of hydrogen-bond acceptors (Lipinski definition) is 4. The lowest BCUT2D eigenvalue weighted by atomic mass is 9.88. The van der Waals surface area contributed by atoms with E-state index in [0.717, 1.165) is 31.4 Å². The lowest BCUT2D eigenvalue weighted by molar-refractivity contribution is -0.123. The smallest absolute Gasteiger partial charge is 0.258 e. The van der Waals surface area contributed by atoms with Gasteiger partial charge in [-0.15, -0.1) is 0 Å². The van der Waals surface area contributed by atoms with Crippen LogP contribution in [-0.4, -0.2) is 41.3 Å². The summed E-state index contributed by atoms with van der Waals surface area (Å²) < 4.78 is 0. The van der Waals surface area contributed by atoms with Crippen molar-refractivity contribution in [1.82, 2.24) is 15.3 Å². The van der Waals surface area contributed by atoms with Gasteiger partial charge in [-0.2, -0.15) is 0 Å². The number of aromatic amines is 1. The second-order valence-electron chi connectivity index (χ2n) is 8.39. The number of anilines is 2. The number of fused-ring (bicyclic) bond motifs is 1. The molecule has 3 N–H and O–H groups in total. The quantitative estimate of drug-likeness (QED) is 0.529. The SMILES string of the molecule is CCNC(=O)c1c(NC(=O)c2cccnc2)[nH]c2cc(N(C)C(=O)C3CCCCC3)ccc12. The Morgan fingerprint density at radius 3 is 2.61 bits per heavy atom. The minimum absolute atomic E-state index is 0.0586. The van der Waals surface area contributed by atoms with Gasteiger partial charge in [0.25, 0.3) is 11.8 Å². The van der Waals surface area contributed by atoms with Crippen LogP contribution in [-0.2, 0) is 4.79 Å². The van der Waals surface area contributed by atoms with Gasteiger partial charge in [0.05, 0.1) is 11.1 Å². The van der Waals surface area contributed by atoms with Crippen LogP contribution in [0.4, 0.5) is 11.5 Å². The molecule has 172 valence electrons. The van der Waals surface area contributed by atoms with E-state index in [1.807, 2.05) is 25.1 Å². The summed E-state index contributed by atoms with van der Waals surface area (Å²) in [6, 6.07) is 8.83. The molecule has 1 saturated carbocycles. The molecule has 2 heterocycles. The fourth-order valence-corrected chi connectivity index (χ4v) is 4.41. The topological polar surface area (TPSA) is 107 Å². The summed E-state index contributed by atoms with van der Waals surface area (Å²) in [6.07, 6.45) is 8.30. The Morgan fingerprint density at radius 1 is 1.12 bits per heavy atom. The number of rotatable bonds is 6. The summed E-state index contributed by atoms with van der Waals surface area (Å²) in [6.45, 7) is 2.29. The third-order valence-corrected chi connectivity index (χ3v) is 6.18. The molecule has 0 bridgehead atoms. The molecular formula is C25H29N5O3. The molecule has 0 aliphatic heterocycles. The molecule has 8 nitrogen and oxygen atoms in total. The van der Waals surface area contributed by atoms with Gasteiger partial charge < -0.3 is 20.5 Å². The van der Waals surface area contributed by atoms with Gasteiger partial charge >= 0.3 is 0 Å². The molecule has 3 aromatic rings. The Balaban J connectivity index is 1.67. The number of H-pyrrole nitrogens is 1. The van der Waals surface area contributed by atoms with E-state index in [9.17, 15) is 14.4 Å². The van der Waals surface area contributed by atoms with Crippen molar-refractivity contribution >= 4 is 40.1 Å². The number of benzene rings is 1. The second kappa shape index (κ2) is 9.85. The predicted octanol–water partition coefficient (Wildman–Crippen LogP) is 4.11. The summed E-state index contributed by atoms with van der Waals surface area (Å²) in [4.78, 5) is 47.4. The Hall–Kier alpha value is -3.68. The van der Waals surface area contributed by atoms with Crippen LogP contribution in [0.2, 0.25) is 0 Å². The summed E-state index contributed by atoms with van der Waals surface area (Å²) >= 11 is 0. The minimum Gasteiger partial charge on any atom is -0.352 e. The normalized spacial score (nSPS) is 14.1. The number of pyridine rings is 1. The van der Waals surface area contributed by atoms with Gasteiger partial charge in [-0.05, 0) is 50.1 Å². The molecule has 2 aromatic heterocycles. The van der Waals surface area contributed by atoms with Crippen molar-refractivity contribution < 1.29 is 14.4 Å². The molecular weight excluding hydrogens is 418 g/mol. The van der Waals surface area contributed by atoms with E-state index in [1.165, 1.54) is 12.6 Å². The molecule has 0 saturated heterocycles. The van der Waals surface area contributed by atoms with Crippen LogP contribution in [0.1, 0.15) is 59.7 Å². The van der Waals surface area contributed by atoms with Crippen LogP contribution in [0, 0.1) is 5.92 Å². The second-order valence-corrected chi connectivity index (χ2v) is 8.39. The fourth-order valence-electron chi connectivity index (χ4n) is 4.41. The van der Waals surface area contributed by atoms with Gasteiger partial charge in [-0.25, -0.2) is 0 Å². The van der Waals surface area contributed by atoms with Crippen molar-refractivity contribution in [2.75, 3.05) is 23.8 Å². The van der Waals surface area contributed by atoms with Crippen molar-refractivity contribution in [2.45, 2.75) is 39.0 Å². The molecule has 33 heavy (non-hydrogen) atoms. The maximum atomic E-state index is 13.0. The van der Waals surface area contributed by atoms with Gasteiger partial charge in [-0.1, -0.05) is 19.3 Å². The Labute approximate surface area is 192 Å². The number of hydrogen-bond donors (Lipinski definition) is 3. The number of nitrogens with one attached hydrogen (secondary N) is 3. The number of nitrogens with zero attached hydrogens (tertiary/aromatic N) is 2. The van der Waals surface area contributed by atoms with Crippen molar-refractivity contribution in [1.29, 1.82) is 0 Å². The molecule has 0 radical (unpaired) electrons. The maximum absolute atomic E-state index is 13.0. The van der Waals surface area contributed by atoms with E-state index in [1.54, 1.807) is 30.3 Å². The lowest BCUT2D eigenvalue weighted by Crippen LogP contribution is -2.33. The van der Waals surface area contributed by atoms with E-state index in [0.29, 0.717) is 34.4 Å². The first-order valence-electron chi connectivity index (χ1n) is 11.4. The number of carbonyl (C=O) groups is 3. The van der Waals surface area contributed by atoms with Crippen molar-refractivity contribution in [3.05, 3.63) is 53.9 Å². The highest BCUT2D eigenvalue weighted by Gasteiger charge is 2.26. The minimum atomic E-state index is -0.370. The van der Waals surface area contributed by atoms with Crippen molar-refractivity contribution in [3.8, 4) is 0 Å². The van der Waals surface area contributed by atoms with Crippen molar-refractivity contribution in [2.24, 2.45) is 5.92 Å². The van der Waals surface area contributed by atoms with Gasteiger partial charge in [0.1, 0.15) is 5.82 Å². The third kappa shape index (κ3) is 4.74. The predicted molar refractivity (Wildman–Crippen MR) is 128 cm³/mol. The number of carbonyl (C=O) groups excluding carboxylic acids is 3. The monoisotopic (exact) mass is 447 g/mol. The molecule has 4 rings (SSSR count). The van der Waals surface area contributed by atoms with E-state index in [4.69, 9.17) is 0 Å². The van der Waals surface area contributed by atoms with Gasteiger partial charge in [0.15, 0.2) is 0 Å². The lowest BCUT2D eigenvalue weighted by Gasteiger charge is -2.26. The van der Waals surface area contributed by atoms with Crippen LogP contribution in [0.3, 0.4) is 0 Å². The highest BCUT2D eigenvalue weighted by atomic mass is 16.2. The van der Waals surface area contributed by atoms with Gasteiger partial charge in [-0.3, -0.25) is 19.4 Å². The summed E-state index contributed by atoms with van der Waals surface area (Å²) in [5, 5.41) is 6.28. The van der Waals surface area contributed by atoms with Crippen LogP contribution in [0.15, 0.2) is 42.7 Å². The average molecular weight is 448 g/mol. The Bertz CT molecular complexity index is 1170. The Kier molecular flexibility index (Phi) is 6.72. The van der Waals surface area contributed by atoms with Crippen LogP contribution in [0.5, 0.6) is 0 Å². The van der Waals surface area contributed by atoms with Crippen LogP contribution in [0.25, 0.3) is 10.9 Å². The molecule has 8 heteroatoms. The molecule has 1 aliphatic carbocycles. The van der Waals surface area contributed by atoms with E-state index in [-0.39, 0.29) is 23.6 Å². The number of amides is 3. The third-order valence-electron chi connectivity index (χ3n) is 6.18. The summed E-state index contributed by atoms with van der Waals surface area (Å²) in [7, 11) is 1.79. The number of aromatic nitrogens is 2. The van der Waals surface area contributed by atoms with Gasteiger partial charge in [0, 0.05) is 48.5 Å². The molecule has 1 fully saturated rings. The van der Waals surface area contributed by atoms with E-state index >= 15 is 0 Å². The highest BCUT2D eigenvalue weighted by Crippen LogP contribution is 2.32. The first-order chi connectivity index (χ1) is 16.0. The van der Waals surface area contributed by atoms with E-state index in [2.05, 4.69) is 20.6 Å². The fraction of sp³-hybridized carbons (Fsp3) is 0.360. The standard InChI is InChI=1S/C25H29N5O3/c1-3-27-24(32)21-19-12-11-18(30(2)25(33)16-8-5-4-6-9-16)14-20(19)28-22(21)29-23(31)17-10-7-13-26-15-17/h7,10-16,28H,3-6,8-9H2,1-2H3,(H,27,32)(H,29,31). The zero-order chi connectivity index (χ0) is 23.4. The van der Waals surface area contributed by atoms with Gasteiger partial charge in [0.2, 0.25) is 5.91 Å². The average Bonchev–Trinajstić information content (AvgIpc) is 3.21. The first-order valence-corrected chi connectivity index (χ1v) is 11.4. The zero-order valence-corrected chi connectivity index (χ0v) is 19.0. The zero-order valence-electron chi connectivity index (χ0n) is 19.0. The summed E-state index contributed by atoms with van der Waals surface area (Å²) in [5.41, 5.74) is 2.15. The van der Waals surface area contributed by atoms with Crippen molar-refractivity contribution in [3.63, 3.8) is 0 Å². The molecule has 1 aromatic carbocycles. The molecule has 0 spiro atoms. The maximum Gasteiger partial charge on any atom is 0.258 e. The summed E-state index contributed by atoms with van der Waals surface area (Å²) in [5.74, 6) is -0.171. The molecule has 0 unspecified atom stereocenters. The molecule has 3 amide bonds. The molecule has 1 aliphatic rings.